The van der Waals surface area contributed by atoms with Crippen molar-refractivity contribution in [2.24, 2.45) is 5.41 Å². The SMILES string of the molecule is CC1(C)COC(=O)N[C@H]1c1c(F)c(F)c(F)c(F)c1F. The maximum Gasteiger partial charge on any atom is 0.407 e. The third kappa shape index (κ3) is 2.08. The van der Waals surface area contributed by atoms with Crippen LogP contribution >= 0.6 is 0 Å². The number of amides is 1. The Morgan fingerprint density at radius 1 is 1.00 bits per heavy atom. The molecule has 1 fully saturated rings. The topological polar surface area (TPSA) is 38.3 Å². The van der Waals surface area contributed by atoms with Gasteiger partial charge in [0.15, 0.2) is 23.3 Å². The Morgan fingerprint density at radius 3 is 1.95 bits per heavy atom. The van der Waals surface area contributed by atoms with E-state index in [9.17, 15) is 26.7 Å². The first-order valence-corrected chi connectivity index (χ1v) is 5.61. The molecular formula is C12H10F5NO2. The van der Waals surface area contributed by atoms with E-state index in [1.54, 1.807) is 0 Å². The zero-order chi connectivity index (χ0) is 15.2. The van der Waals surface area contributed by atoms with Gasteiger partial charge in [0.05, 0.1) is 11.6 Å². The molecule has 8 heteroatoms. The van der Waals surface area contributed by atoms with Gasteiger partial charge in [-0.05, 0) is 0 Å². The smallest absolute Gasteiger partial charge is 0.407 e. The quantitative estimate of drug-likeness (QED) is 0.491. The molecule has 1 aromatic rings. The van der Waals surface area contributed by atoms with Crippen LogP contribution < -0.4 is 5.32 Å². The molecule has 1 aliphatic heterocycles. The highest BCUT2D eigenvalue weighted by molar-refractivity contribution is 5.69. The number of carbonyl (C=O) groups is 1. The Kier molecular flexibility index (Phi) is 3.35. The van der Waals surface area contributed by atoms with Crippen molar-refractivity contribution in [3.05, 3.63) is 34.6 Å². The molecule has 0 radical (unpaired) electrons. The van der Waals surface area contributed by atoms with Crippen molar-refractivity contribution in [3.8, 4) is 0 Å². The summed E-state index contributed by atoms with van der Waals surface area (Å²) in [6.07, 6.45) is -0.988. The van der Waals surface area contributed by atoms with Crippen LogP contribution in [0.4, 0.5) is 26.7 Å². The van der Waals surface area contributed by atoms with Gasteiger partial charge in [0.1, 0.15) is 6.61 Å². The van der Waals surface area contributed by atoms with Gasteiger partial charge < -0.3 is 10.1 Å². The second-order valence-corrected chi connectivity index (χ2v) is 5.13. The largest absolute Gasteiger partial charge is 0.449 e. The summed E-state index contributed by atoms with van der Waals surface area (Å²) < 4.78 is 71.5. The Bertz CT molecular complexity index is 559. The predicted molar refractivity (Wildman–Crippen MR) is 57.2 cm³/mol. The molecule has 20 heavy (non-hydrogen) atoms. The van der Waals surface area contributed by atoms with Gasteiger partial charge in [0.2, 0.25) is 5.82 Å². The van der Waals surface area contributed by atoms with Crippen molar-refractivity contribution in [3.63, 3.8) is 0 Å². The number of ether oxygens (including phenoxy) is 1. The highest BCUT2D eigenvalue weighted by atomic mass is 19.2. The molecule has 110 valence electrons. The maximum absolute atomic E-state index is 13.7. The zero-order valence-electron chi connectivity index (χ0n) is 10.5. The van der Waals surface area contributed by atoms with E-state index in [4.69, 9.17) is 0 Å². The van der Waals surface area contributed by atoms with E-state index in [1.807, 2.05) is 0 Å². The van der Waals surface area contributed by atoms with Crippen molar-refractivity contribution in [1.82, 2.24) is 5.32 Å². The summed E-state index contributed by atoms with van der Waals surface area (Å²) in [4.78, 5) is 11.2. The van der Waals surface area contributed by atoms with Crippen LogP contribution in [-0.4, -0.2) is 12.7 Å². The average molecular weight is 295 g/mol. The number of alkyl carbamates (subject to hydrolysis) is 1. The minimum Gasteiger partial charge on any atom is -0.449 e. The molecule has 0 spiro atoms. The summed E-state index contributed by atoms with van der Waals surface area (Å²) in [6.45, 7) is 2.72. The average Bonchev–Trinajstić information content (AvgIpc) is 2.39. The number of nitrogens with one attached hydrogen (secondary N) is 1. The molecule has 1 heterocycles. The van der Waals surface area contributed by atoms with Gasteiger partial charge in [0, 0.05) is 5.41 Å². The molecule has 0 unspecified atom stereocenters. The van der Waals surface area contributed by atoms with E-state index in [0.29, 0.717) is 0 Å². The lowest BCUT2D eigenvalue weighted by atomic mass is 9.80. The summed E-state index contributed by atoms with van der Waals surface area (Å²) in [5.74, 6) is -10.2. The van der Waals surface area contributed by atoms with E-state index >= 15 is 0 Å². The molecule has 2 rings (SSSR count). The standard InChI is InChI=1S/C12H10F5NO2/c1-12(2)3-20-11(19)18-10(12)4-5(13)7(15)9(17)8(16)6(4)14/h10H,3H2,1-2H3,(H,18,19)/t10-/m0/s1. The molecule has 0 saturated carbocycles. The normalized spacial score (nSPS) is 21.4. The van der Waals surface area contributed by atoms with E-state index in [-0.39, 0.29) is 6.61 Å². The predicted octanol–water partition coefficient (Wildman–Crippen LogP) is 3.19. The van der Waals surface area contributed by atoms with Crippen LogP contribution in [0.3, 0.4) is 0 Å². The number of rotatable bonds is 1. The van der Waals surface area contributed by atoms with Crippen LogP contribution in [-0.2, 0) is 4.74 Å². The van der Waals surface area contributed by atoms with Crippen LogP contribution in [0.5, 0.6) is 0 Å². The molecule has 0 bridgehead atoms. The minimum absolute atomic E-state index is 0.219. The van der Waals surface area contributed by atoms with E-state index < -0.39 is 52.2 Å². The van der Waals surface area contributed by atoms with Gasteiger partial charge in [-0.1, -0.05) is 13.8 Å². The summed E-state index contributed by atoms with van der Waals surface area (Å²) in [5, 5.41) is 2.08. The first kappa shape index (κ1) is 14.5. The number of hydrogen-bond donors (Lipinski definition) is 1. The Hall–Kier alpha value is -1.86. The Labute approximate surface area is 110 Å². The molecular weight excluding hydrogens is 285 g/mol. The lowest BCUT2D eigenvalue weighted by Gasteiger charge is -2.38. The maximum atomic E-state index is 13.7. The third-order valence-electron chi connectivity index (χ3n) is 3.15. The van der Waals surface area contributed by atoms with E-state index in [0.717, 1.165) is 0 Å². The van der Waals surface area contributed by atoms with Gasteiger partial charge in [-0.25, -0.2) is 26.7 Å². The van der Waals surface area contributed by atoms with Crippen LogP contribution in [0, 0.1) is 34.5 Å². The van der Waals surface area contributed by atoms with Crippen molar-refractivity contribution in [1.29, 1.82) is 0 Å². The zero-order valence-corrected chi connectivity index (χ0v) is 10.5. The van der Waals surface area contributed by atoms with Gasteiger partial charge in [-0.3, -0.25) is 0 Å². The minimum atomic E-state index is -2.24. The molecule has 1 aliphatic rings. The second-order valence-electron chi connectivity index (χ2n) is 5.13. The number of hydrogen-bond acceptors (Lipinski definition) is 2. The van der Waals surface area contributed by atoms with Crippen molar-refractivity contribution in [2.45, 2.75) is 19.9 Å². The Morgan fingerprint density at radius 2 is 1.45 bits per heavy atom. The third-order valence-corrected chi connectivity index (χ3v) is 3.15. The molecule has 1 N–H and O–H groups in total. The van der Waals surface area contributed by atoms with Crippen LogP contribution in [0.25, 0.3) is 0 Å². The molecule has 1 saturated heterocycles. The van der Waals surface area contributed by atoms with Crippen molar-refractivity contribution < 1.29 is 31.5 Å². The fourth-order valence-electron chi connectivity index (χ4n) is 2.03. The monoisotopic (exact) mass is 295 g/mol. The van der Waals surface area contributed by atoms with Crippen molar-refractivity contribution >= 4 is 6.09 Å². The van der Waals surface area contributed by atoms with Crippen LogP contribution in [0.15, 0.2) is 0 Å². The first-order chi connectivity index (χ1) is 9.16. The molecule has 0 aromatic heterocycles. The fourth-order valence-corrected chi connectivity index (χ4v) is 2.03. The Balaban J connectivity index is 2.65. The van der Waals surface area contributed by atoms with Gasteiger partial charge in [-0.15, -0.1) is 0 Å². The lowest BCUT2D eigenvalue weighted by Crippen LogP contribution is -2.47. The highest BCUT2D eigenvalue weighted by Gasteiger charge is 2.43. The fraction of sp³-hybridized carbons (Fsp3) is 0.417. The number of benzene rings is 1. The first-order valence-electron chi connectivity index (χ1n) is 5.61. The molecule has 1 aromatic carbocycles. The molecule has 3 nitrogen and oxygen atoms in total. The summed E-state index contributed by atoms with van der Waals surface area (Å²) in [7, 11) is 0. The van der Waals surface area contributed by atoms with Gasteiger partial charge in [0.25, 0.3) is 0 Å². The van der Waals surface area contributed by atoms with Crippen LogP contribution in [0.1, 0.15) is 25.5 Å². The van der Waals surface area contributed by atoms with Crippen LogP contribution in [0.2, 0.25) is 0 Å². The lowest BCUT2D eigenvalue weighted by molar-refractivity contribution is 0.0361. The number of carbonyl (C=O) groups excluding carboxylic acids is 1. The van der Waals surface area contributed by atoms with Gasteiger partial charge >= 0.3 is 6.09 Å². The number of halogens is 5. The molecule has 0 aliphatic carbocycles. The number of cyclic esters (lactones) is 1. The molecule has 1 amide bonds. The second kappa shape index (κ2) is 4.60. The summed E-state index contributed by atoms with van der Waals surface area (Å²) in [6, 6.07) is -1.40. The summed E-state index contributed by atoms with van der Waals surface area (Å²) >= 11 is 0. The van der Waals surface area contributed by atoms with Gasteiger partial charge in [-0.2, -0.15) is 0 Å². The summed E-state index contributed by atoms with van der Waals surface area (Å²) in [5.41, 5.74) is -2.12. The van der Waals surface area contributed by atoms with E-state index in [1.165, 1.54) is 13.8 Å². The highest BCUT2D eigenvalue weighted by Crippen LogP contribution is 2.40. The van der Waals surface area contributed by atoms with E-state index in [2.05, 4.69) is 10.1 Å². The molecule has 1 atom stereocenters. The van der Waals surface area contributed by atoms with Crippen molar-refractivity contribution in [2.75, 3.05) is 6.61 Å².